The van der Waals surface area contributed by atoms with Crippen LogP contribution >= 0.6 is 11.6 Å². The lowest BCUT2D eigenvalue weighted by Crippen LogP contribution is -2.50. The molecule has 0 spiro atoms. The Morgan fingerprint density at radius 1 is 0.372 bits per heavy atom. The van der Waals surface area contributed by atoms with Gasteiger partial charge in [0.2, 0.25) is 0 Å². The summed E-state index contributed by atoms with van der Waals surface area (Å²) < 4.78 is 206. The van der Waals surface area contributed by atoms with E-state index in [1.54, 1.807) is 133 Å². The number of alkyl carbamates (subject to hydrolysis) is 3. The number of carbonyl (C=O) groups excluding carboxylic acids is 9. The standard InChI is InChI=1S/2C34H43F4N5O5.C29H37F4N5O2.C5H7ClO3/c2*1-20(47-21(2)44)31(45)42(17-16-26(28(37)38)39-32(46)48-34(6,7)8)27(33(3,4)5)30-40-29(24-18-23(35)14-15-25(24)36)41-43(30)19-22-12-10-9-11-13-22;1-28(2,3)23(34-15-14-22(24(32)33)35-27(39)40-29(4,5)6)26-36-25(20-16-19(30)12-13-21(20)31)37-38(26)17-18-10-8-7-9-11-18;1-3(5(6)8)9-4(2)7/h2*9-15,18,20,26-28H,16-17,19H2,1-8H3,(H,39,46);7-13,16,22-24,34H,14-15,17H2,1-6H3,(H,35,39);3H,1-2H3/t20-,26+,27-;20-,26-,27-;22?,23-;3-/m0000/s1. The Morgan fingerprint density at radius 2 is 0.641 bits per heavy atom. The summed E-state index contributed by atoms with van der Waals surface area (Å²) in [5, 5.41) is 22.8. The molecule has 794 valence electrons. The summed E-state index contributed by atoms with van der Waals surface area (Å²) >= 11 is 4.96. The van der Waals surface area contributed by atoms with Gasteiger partial charge in [-0.3, -0.25) is 28.8 Å². The molecule has 0 bridgehead atoms. The molecule has 3 heterocycles. The van der Waals surface area contributed by atoms with E-state index in [9.17, 15) is 95.8 Å². The second-order valence-electron chi connectivity index (χ2n) is 40.2. The van der Waals surface area contributed by atoms with Gasteiger partial charge >= 0.3 is 36.2 Å². The van der Waals surface area contributed by atoms with Crippen molar-refractivity contribution < 1.29 is 124 Å². The number of benzene rings is 6. The van der Waals surface area contributed by atoms with Gasteiger partial charge in [-0.15, -0.1) is 0 Å². The van der Waals surface area contributed by atoms with E-state index in [4.69, 9.17) is 35.3 Å². The lowest BCUT2D eigenvalue weighted by molar-refractivity contribution is -0.160. The zero-order valence-electron chi connectivity index (χ0n) is 85.6. The third-order valence-electron chi connectivity index (χ3n) is 20.8. The van der Waals surface area contributed by atoms with Crippen LogP contribution < -0.4 is 21.3 Å². The number of aromatic nitrogens is 9. The van der Waals surface area contributed by atoms with E-state index < -0.39 is 208 Å². The first-order valence-corrected chi connectivity index (χ1v) is 46.8. The SMILES string of the molecule is CC(=O)O[C@@H](C)C(=O)Cl.CC(=O)O[C@@H](C)C(=O)N(CC[C@@H](NC(=O)OC(C)(C)C)C(F)F)[C@@H](c1nc(-c2cc(F)ccc2F)nn1Cc1ccccc1)C(C)(C)C.CC(=O)O[C@@H](C)C(=O)N(CC[C@H](NC(=O)OC(C)(C)C)C(F)F)[C@@H](c1nc(-c2cc(F)ccc2F)nn1Cc1ccccc1)C(C)(C)C.CC(C)(C)OC(=O)NC(CCN[C@@H](c1nc(-c2cc(F)ccc2F)nn1Cc1ccccc1)C(C)(C)C)C(F)F. The molecule has 30 nitrogen and oxygen atoms in total. The summed E-state index contributed by atoms with van der Waals surface area (Å²) in [6.45, 7) is 38.4. The molecule has 6 aromatic carbocycles. The first kappa shape index (κ1) is 121. The fraction of sp³-hybridized carbons (Fsp3) is 0.500. The average molecular weight is 2070 g/mol. The number of carbonyl (C=O) groups is 9. The van der Waals surface area contributed by atoms with Gasteiger partial charge in [0.05, 0.1) is 72.6 Å². The predicted molar refractivity (Wildman–Crippen MR) is 517 cm³/mol. The molecule has 0 radical (unpaired) electrons. The van der Waals surface area contributed by atoms with Crippen LogP contribution in [-0.4, -0.2) is 199 Å². The van der Waals surface area contributed by atoms with E-state index in [2.05, 4.69) is 56.3 Å². The number of esters is 3. The van der Waals surface area contributed by atoms with Crippen LogP contribution in [0, 0.1) is 51.1 Å². The number of nitrogens with one attached hydrogen (secondary N) is 4. The second kappa shape index (κ2) is 53.2. The number of alkyl halides is 6. The van der Waals surface area contributed by atoms with Gasteiger partial charge in [0.25, 0.3) is 36.3 Å². The van der Waals surface area contributed by atoms with Crippen molar-refractivity contribution in [3.05, 3.63) is 215 Å². The molecule has 145 heavy (non-hydrogen) atoms. The first-order chi connectivity index (χ1) is 67.2. The van der Waals surface area contributed by atoms with Crippen LogP contribution in [0.25, 0.3) is 34.2 Å². The minimum atomic E-state index is -3.03. The van der Waals surface area contributed by atoms with Gasteiger partial charge < -0.3 is 59.5 Å². The van der Waals surface area contributed by atoms with E-state index >= 15 is 0 Å². The number of halogens is 13. The van der Waals surface area contributed by atoms with Gasteiger partial charge in [-0.1, -0.05) is 153 Å². The van der Waals surface area contributed by atoms with Crippen LogP contribution in [0.2, 0.25) is 0 Å². The molecule has 9 atom stereocenters. The zero-order chi connectivity index (χ0) is 109. The Kier molecular flexibility index (Phi) is 44.3. The smallest absolute Gasteiger partial charge is 0.408 e. The van der Waals surface area contributed by atoms with E-state index in [0.29, 0.717) is 12.4 Å². The number of amides is 5. The van der Waals surface area contributed by atoms with Crippen LogP contribution in [0.5, 0.6) is 0 Å². The Labute approximate surface area is 840 Å². The minimum absolute atomic E-state index is 0.0102. The Bertz CT molecular complexity index is 5550. The van der Waals surface area contributed by atoms with Crippen molar-refractivity contribution in [2.24, 2.45) is 16.2 Å². The quantitative estimate of drug-likeness (QED) is 0.0123. The van der Waals surface area contributed by atoms with Gasteiger partial charge in [-0.2, -0.15) is 15.3 Å². The fourth-order valence-corrected chi connectivity index (χ4v) is 14.7. The first-order valence-electron chi connectivity index (χ1n) is 46.4. The Hall–Kier alpha value is -13.0. The van der Waals surface area contributed by atoms with Crippen molar-refractivity contribution in [3.8, 4) is 34.2 Å². The Morgan fingerprint density at radius 3 is 0.890 bits per heavy atom. The van der Waals surface area contributed by atoms with Crippen molar-refractivity contribution in [1.82, 2.24) is 75.4 Å². The molecule has 0 fully saturated rings. The summed E-state index contributed by atoms with van der Waals surface area (Å²) in [5.41, 5.74) is -3.05. The van der Waals surface area contributed by atoms with E-state index in [0.717, 1.165) is 85.1 Å². The summed E-state index contributed by atoms with van der Waals surface area (Å²) in [4.78, 5) is 125. The topological polar surface area (TPSA) is 356 Å². The van der Waals surface area contributed by atoms with Crippen LogP contribution in [0.1, 0.15) is 238 Å². The predicted octanol–water partition coefficient (Wildman–Crippen LogP) is 20.6. The van der Waals surface area contributed by atoms with Crippen molar-refractivity contribution >= 4 is 64.8 Å². The average Bonchev–Trinajstić information content (AvgIpc) is 1.62. The number of hydrogen-bond acceptors (Lipinski definition) is 22. The van der Waals surface area contributed by atoms with Crippen LogP contribution in [0.3, 0.4) is 0 Å². The van der Waals surface area contributed by atoms with E-state index in [1.165, 1.54) is 46.9 Å². The van der Waals surface area contributed by atoms with Crippen LogP contribution in [0.4, 0.5) is 67.1 Å². The normalized spacial score (nSPS) is 13.7. The number of hydrogen-bond donors (Lipinski definition) is 4. The fourth-order valence-electron chi connectivity index (χ4n) is 14.6. The summed E-state index contributed by atoms with van der Waals surface area (Å²) in [5.74, 6) is -7.34. The number of nitrogens with zero attached hydrogens (tertiary/aromatic N) is 11. The van der Waals surface area contributed by atoms with Gasteiger partial charge in [0.15, 0.2) is 47.4 Å². The maximum Gasteiger partial charge on any atom is 0.408 e. The molecule has 0 saturated carbocycles. The van der Waals surface area contributed by atoms with E-state index in [-0.39, 0.29) is 85.0 Å². The lowest BCUT2D eigenvalue weighted by Gasteiger charge is -2.41. The van der Waals surface area contributed by atoms with E-state index in [1.807, 2.05) is 87.5 Å². The van der Waals surface area contributed by atoms with Crippen molar-refractivity contribution in [1.29, 1.82) is 0 Å². The molecular formula is C102H130ClF12N15O15. The lowest BCUT2D eigenvalue weighted by atomic mass is 9.84. The summed E-state index contributed by atoms with van der Waals surface area (Å²) in [6.07, 6.45) is -16.4. The van der Waals surface area contributed by atoms with Crippen molar-refractivity contribution in [3.63, 3.8) is 0 Å². The van der Waals surface area contributed by atoms with Gasteiger partial charge in [-0.25, -0.2) is 96.1 Å². The zero-order valence-corrected chi connectivity index (χ0v) is 86.4. The van der Waals surface area contributed by atoms with Crippen molar-refractivity contribution in [2.75, 3.05) is 19.6 Å². The molecule has 0 saturated heterocycles. The molecule has 0 aliphatic carbocycles. The van der Waals surface area contributed by atoms with Crippen LogP contribution in [-0.2, 0) is 76.8 Å². The summed E-state index contributed by atoms with van der Waals surface area (Å²) in [7, 11) is 0. The van der Waals surface area contributed by atoms with Crippen molar-refractivity contribution in [2.45, 2.75) is 296 Å². The second-order valence-corrected chi connectivity index (χ2v) is 40.6. The largest absolute Gasteiger partial charge is 0.453 e. The van der Waals surface area contributed by atoms with Gasteiger partial charge in [0, 0.05) is 33.9 Å². The third kappa shape index (κ3) is 39.5. The Balaban J connectivity index is 0.000000319. The maximum atomic E-state index is 15.0. The highest BCUT2D eigenvalue weighted by atomic mass is 35.5. The molecule has 43 heteroatoms. The van der Waals surface area contributed by atoms with Gasteiger partial charge in [0.1, 0.15) is 57.5 Å². The molecule has 0 aliphatic rings. The monoisotopic (exact) mass is 2070 g/mol. The van der Waals surface area contributed by atoms with Gasteiger partial charge in [-0.05, 0) is 208 Å². The highest BCUT2D eigenvalue weighted by Crippen LogP contribution is 2.43. The highest BCUT2D eigenvalue weighted by molar-refractivity contribution is 6.64. The summed E-state index contributed by atoms with van der Waals surface area (Å²) in [6, 6.07) is 28.9. The van der Waals surface area contributed by atoms with Crippen LogP contribution in [0.15, 0.2) is 146 Å². The highest BCUT2D eigenvalue weighted by Gasteiger charge is 2.45. The molecule has 9 rings (SSSR count). The molecule has 1 unspecified atom stereocenters. The minimum Gasteiger partial charge on any atom is -0.453 e. The maximum absolute atomic E-state index is 15.0. The molecular weight excluding hydrogens is 1940 g/mol. The molecule has 0 aliphatic heterocycles. The number of rotatable bonds is 36. The number of ether oxygens (including phenoxy) is 6. The molecule has 3 aromatic heterocycles. The molecule has 5 amide bonds. The third-order valence-corrected chi connectivity index (χ3v) is 21.1. The molecule has 9 aromatic rings. The molecule has 4 N–H and O–H groups in total.